The third kappa shape index (κ3) is 3.13. The van der Waals surface area contributed by atoms with E-state index >= 15 is 0 Å². The van der Waals surface area contributed by atoms with Gasteiger partial charge < -0.3 is 0 Å². The van der Waals surface area contributed by atoms with Gasteiger partial charge in [-0.1, -0.05) is 25.1 Å². The first-order valence-electron chi connectivity index (χ1n) is 4.59. The highest BCUT2D eigenvalue weighted by Gasteiger charge is 2.26. The smallest absolute Gasteiger partial charge is 0.191 e. The molecule has 0 radical (unpaired) electrons. The summed E-state index contributed by atoms with van der Waals surface area (Å²) in [6.45, 7) is 1.92. The molecule has 2 nitrogen and oxygen atoms in total. The minimum Gasteiger partial charge on any atom is -0.222 e. The lowest BCUT2D eigenvalue weighted by molar-refractivity contribution is 0.595. The number of rotatable bonds is 5. The Morgan fingerprint density at radius 3 is 2.40 bits per heavy atom. The van der Waals surface area contributed by atoms with E-state index in [4.69, 9.17) is 11.6 Å². The Morgan fingerprint density at radius 1 is 1.33 bits per heavy atom. The van der Waals surface area contributed by atoms with Crippen molar-refractivity contribution in [3.05, 3.63) is 30.3 Å². The Labute approximate surface area is 99.9 Å². The van der Waals surface area contributed by atoms with Crippen LogP contribution in [0.5, 0.6) is 0 Å². The number of hydrogen-bond acceptors (Lipinski definition) is 3. The molecule has 0 aliphatic rings. The van der Waals surface area contributed by atoms with Crippen LogP contribution in [0.2, 0.25) is 0 Å². The van der Waals surface area contributed by atoms with Crippen molar-refractivity contribution in [2.75, 3.05) is 11.6 Å². The lowest BCUT2D eigenvalue weighted by Crippen LogP contribution is -2.20. The van der Waals surface area contributed by atoms with E-state index < -0.39 is 14.4 Å². The number of benzene rings is 1. The molecule has 0 aliphatic carbocycles. The van der Waals surface area contributed by atoms with Gasteiger partial charge in [-0.05, 0) is 17.9 Å². The first-order chi connectivity index (χ1) is 7.12. The van der Waals surface area contributed by atoms with Gasteiger partial charge in [0.15, 0.2) is 9.84 Å². The predicted octanol–water partition coefficient (Wildman–Crippen LogP) is 2.78. The molecular weight excluding hydrogens is 252 g/mol. The van der Waals surface area contributed by atoms with Crippen molar-refractivity contribution in [2.24, 2.45) is 0 Å². The van der Waals surface area contributed by atoms with Crippen LogP contribution < -0.4 is 0 Å². The van der Waals surface area contributed by atoms with Gasteiger partial charge in [0.2, 0.25) is 0 Å². The molecule has 0 saturated heterocycles. The minimum atomic E-state index is -3.28. The monoisotopic (exact) mass is 264 g/mol. The van der Waals surface area contributed by atoms with E-state index in [2.05, 4.69) is 0 Å². The van der Waals surface area contributed by atoms with E-state index in [-0.39, 0.29) is 5.88 Å². The summed E-state index contributed by atoms with van der Waals surface area (Å²) in [5.74, 6) is 0.860. The van der Waals surface area contributed by atoms with Crippen molar-refractivity contribution in [1.82, 2.24) is 0 Å². The third-order valence-corrected chi connectivity index (χ3v) is 6.40. The zero-order valence-corrected chi connectivity index (χ0v) is 10.8. The standard InChI is InChI=1S/C10H13ClO2S2/c1-2-14-10(8-11)15(12,13)9-6-4-3-5-7-9/h3-7,10H,2,8H2,1H3. The molecule has 0 heterocycles. The van der Waals surface area contributed by atoms with E-state index in [1.54, 1.807) is 30.3 Å². The molecule has 0 aromatic heterocycles. The Balaban J connectivity index is 3.01. The summed E-state index contributed by atoms with van der Waals surface area (Å²) in [6, 6.07) is 8.43. The maximum absolute atomic E-state index is 12.0. The van der Waals surface area contributed by atoms with Gasteiger partial charge in [-0.25, -0.2) is 8.42 Å². The van der Waals surface area contributed by atoms with Gasteiger partial charge >= 0.3 is 0 Å². The van der Waals surface area contributed by atoms with E-state index in [9.17, 15) is 8.42 Å². The van der Waals surface area contributed by atoms with Crippen molar-refractivity contribution >= 4 is 33.2 Å². The summed E-state index contributed by atoms with van der Waals surface area (Å²) in [6.07, 6.45) is 0. The van der Waals surface area contributed by atoms with E-state index in [1.807, 2.05) is 6.92 Å². The van der Waals surface area contributed by atoms with Crippen LogP contribution >= 0.6 is 23.4 Å². The molecule has 15 heavy (non-hydrogen) atoms. The van der Waals surface area contributed by atoms with Gasteiger partial charge in [0.25, 0.3) is 0 Å². The van der Waals surface area contributed by atoms with Crippen molar-refractivity contribution in [2.45, 2.75) is 16.4 Å². The molecule has 84 valence electrons. The largest absolute Gasteiger partial charge is 0.222 e. The van der Waals surface area contributed by atoms with Crippen LogP contribution in [0, 0.1) is 0 Å². The summed E-state index contributed by atoms with van der Waals surface area (Å²) in [5.41, 5.74) is 0. The van der Waals surface area contributed by atoms with Gasteiger partial charge in [0, 0.05) is 5.88 Å². The molecule has 0 amide bonds. The number of hydrogen-bond donors (Lipinski definition) is 0. The highest BCUT2D eigenvalue weighted by atomic mass is 35.5. The molecule has 1 aromatic rings. The second-order valence-corrected chi connectivity index (χ2v) is 7.11. The number of sulfone groups is 1. The fourth-order valence-corrected chi connectivity index (χ4v) is 4.85. The Bertz CT molecular complexity index is 389. The number of halogens is 1. The fraction of sp³-hybridized carbons (Fsp3) is 0.400. The second kappa shape index (κ2) is 5.77. The van der Waals surface area contributed by atoms with Crippen LogP contribution in [0.25, 0.3) is 0 Å². The van der Waals surface area contributed by atoms with E-state index in [0.717, 1.165) is 5.75 Å². The summed E-state index contributed by atoms with van der Waals surface area (Å²) >= 11 is 7.04. The van der Waals surface area contributed by atoms with Crippen LogP contribution in [0.1, 0.15) is 6.92 Å². The summed E-state index contributed by atoms with van der Waals surface area (Å²) in [5, 5.41) is 0. The second-order valence-electron chi connectivity index (χ2n) is 2.90. The summed E-state index contributed by atoms with van der Waals surface area (Å²) < 4.78 is 23.5. The van der Waals surface area contributed by atoms with Crippen molar-refractivity contribution in [3.8, 4) is 0 Å². The molecule has 5 heteroatoms. The van der Waals surface area contributed by atoms with Gasteiger partial charge in [-0.3, -0.25) is 0 Å². The first-order valence-corrected chi connectivity index (χ1v) is 7.72. The Kier molecular flexibility index (Phi) is 4.96. The molecule has 0 bridgehead atoms. The van der Waals surface area contributed by atoms with E-state index in [1.165, 1.54) is 11.8 Å². The van der Waals surface area contributed by atoms with Gasteiger partial charge in [0.1, 0.15) is 4.58 Å². The molecule has 1 unspecified atom stereocenters. The third-order valence-electron chi connectivity index (χ3n) is 1.90. The quantitative estimate of drug-likeness (QED) is 0.767. The number of thioether (sulfide) groups is 1. The van der Waals surface area contributed by atoms with E-state index in [0.29, 0.717) is 4.90 Å². The van der Waals surface area contributed by atoms with Gasteiger partial charge in [0.05, 0.1) is 4.90 Å². The maximum Gasteiger partial charge on any atom is 0.191 e. The van der Waals surface area contributed by atoms with Gasteiger partial charge in [-0.15, -0.1) is 23.4 Å². The SMILES string of the molecule is CCSC(CCl)S(=O)(=O)c1ccccc1. The minimum absolute atomic E-state index is 0.121. The normalized spacial score (nSPS) is 13.7. The van der Waals surface area contributed by atoms with Crippen molar-refractivity contribution in [1.29, 1.82) is 0 Å². The molecule has 0 spiro atoms. The molecule has 1 atom stereocenters. The average molecular weight is 265 g/mol. The summed E-state index contributed by atoms with van der Waals surface area (Å²) in [7, 11) is -3.28. The van der Waals surface area contributed by atoms with Crippen molar-refractivity contribution in [3.63, 3.8) is 0 Å². The molecule has 1 rings (SSSR count). The lowest BCUT2D eigenvalue weighted by Gasteiger charge is -2.13. The lowest BCUT2D eigenvalue weighted by atomic mass is 10.4. The van der Waals surface area contributed by atoms with Crippen LogP contribution in [0.15, 0.2) is 35.2 Å². The Hall–Kier alpha value is -0.190. The summed E-state index contributed by atoms with van der Waals surface area (Å²) in [4.78, 5) is 0.344. The molecule has 0 saturated carbocycles. The number of alkyl halides is 1. The molecule has 0 fully saturated rings. The molecule has 0 aliphatic heterocycles. The highest BCUT2D eigenvalue weighted by Crippen LogP contribution is 2.25. The molecule has 0 N–H and O–H groups in total. The Morgan fingerprint density at radius 2 is 1.93 bits per heavy atom. The predicted molar refractivity (Wildman–Crippen MR) is 66.3 cm³/mol. The highest BCUT2D eigenvalue weighted by molar-refractivity contribution is 8.13. The van der Waals surface area contributed by atoms with Crippen LogP contribution in [0.3, 0.4) is 0 Å². The average Bonchev–Trinajstić information content (AvgIpc) is 2.27. The first kappa shape index (κ1) is 12.9. The maximum atomic E-state index is 12.0. The zero-order valence-electron chi connectivity index (χ0n) is 8.39. The fourth-order valence-electron chi connectivity index (χ4n) is 1.16. The molecule has 1 aromatic carbocycles. The molecular formula is C10H13ClO2S2. The van der Waals surface area contributed by atoms with Crippen LogP contribution in [-0.4, -0.2) is 24.6 Å². The van der Waals surface area contributed by atoms with Crippen LogP contribution in [0.4, 0.5) is 0 Å². The zero-order chi connectivity index (χ0) is 11.3. The topological polar surface area (TPSA) is 34.1 Å². The van der Waals surface area contributed by atoms with Crippen molar-refractivity contribution < 1.29 is 8.42 Å². The van der Waals surface area contributed by atoms with Gasteiger partial charge in [-0.2, -0.15) is 0 Å². The van der Waals surface area contributed by atoms with Crippen LogP contribution in [-0.2, 0) is 9.84 Å².